The molecule has 1 heteroatoms. The van der Waals surface area contributed by atoms with E-state index < -0.39 is 0 Å². The molecule has 3 fully saturated rings. The molecule has 15 heavy (non-hydrogen) atoms. The summed E-state index contributed by atoms with van der Waals surface area (Å²) >= 11 is 0. The average molecular weight is 204 g/mol. The number of carbonyl (C=O) groups excluding carboxylic acids is 1. The SMILES string of the molecule is C=C1C[C@H]2CC[C@]3(CC[C@@H](C)[C@@H]3C1)C2=O. The molecule has 2 bridgehead atoms. The fourth-order valence-corrected chi connectivity index (χ4v) is 4.46. The van der Waals surface area contributed by atoms with Gasteiger partial charge in [-0.15, -0.1) is 0 Å². The maximum Gasteiger partial charge on any atom is 0.142 e. The van der Waals surface area contributed by atoms with Crippen LogP contribution in [0.5, 0.6) is 0 Å². The Bertz CT molecular complexity index is 326. The fourth-order valence-electron chi connectivity index (χ4n) is 4.46. The number of ketones is 1. The minimum atomic E-state index is 0.101. The van der Waals surface area contributed by atoms with Crippen LogP contribution in [0.3, 0.4) is 0 Å². The molecule has 0 unspecified atom stereocenters. The number of hydrogen-bond donors (Lipinski definition) is 0. The van der Waals surface area contributed by atoms with E-state index in [-0.39, 0.29) is 5.41 Å². The van der Waals surface area contributed by atoms with E-state index in [4.69, 9.17) is 0 Å². The third-order valence-corrected chi connectivity index (χ3v) is 5.29. The second-order valence-electron chi connectivity index (χ2n) is 6.04. The number of allylic oxidation sites excluding steroid dienone is 1. The lowest BCUT2D eigenvalue weighted by atomic mass is 9.72. The highest BCUT2D eigenvalue weighted by atomic mass is 16.1. The monoisotopic (exact) mass is 204 g/mol. The highest BCUT2D eigenvalue weighted by Gasteiger charge is 2.57. The summed E-state index contributed by atoms with van der Waals surface area (Å²) in [6, 6.07) is 0. The van der Waals surface area contributed by atoms with Crippen molar-refractivity contribution >= 4 is 5.78 Å². The smallest absolute Gasteiger partial charge is 0.142 e. The van der Waals surface area contributed by atoms with Crippen LogP contribution in [0.25, 0.3) is 0 Å². The second kappa shape index (κ2) is 2.96. The Morgan fingerprint density at radius 1 is 1.27 bits per heavy atom. The van der Waals surface area contributed by atoms with Gasteiger partial charge in [-0.1, -0.05) is 19.1 Å². The first-order valence-corrected chi connectivity index (χ1v) is 6.34. The molecule has 0 aromatic rings. The van der Waals surface area contributed by atoms with Crippen molar-refractivity contribution in [2.45, 2.75) is 45.4 Å². The van der Waals surface area contributed by atoms with Gasteiger partial charge < -0.3 is 0 Å². The third kappa shape index (κ3) is 1.12. The molecule has 0 heterocycles. The molecular weight excluding hydrogens is 184 g/mol. The topological polar surface area (TPSA) is 17.1 Å². The molecule has 0 saturated heterocycles. The average Bonchev–Trinajstić information content (AvgIpc) is 2.61. The first kappa shape index (κ1) is 9.62. The molecule has 0 aliphatic heterocycles. The normalized spacial score (nSPS) is 49.3. The summed E-state index contributed by atoms with van der Waals surface area (Å²) in [6.07, 6.45) is 6.87. The zero-order valence-electron chi connectivity index (χ0n) is 9.59. The number of hydrogen-bond acceptors (Lipinski definition) is 1. The molecule has 3 saturated carbocycles. The first-order chi connectivity index (χ1) is 7.13. The maximum atomic E-state index is 12.5. The van der Waals surface area contributed by atoms with Crippen molar-refractivity contribution in [3.05, 3.63) is 12.2 Å². The molecule has 0 aromatic heterocycles. The van der Waals surface area contributed by atoms with Gasteiger partial charge in [0.2, 0.25) is 0 Å². The van der Waals surface area contributed by atoms with E-state index in [1.165, 1.54) is 24.8 Å². The van der Waals surface area contributed by atoms with Crippen LogP contribution in [0.15, 0.2) is 12.2 Å². The van der Waals surface area contributed by atoms with Crippen LogP contribution in [-0.2, 0) is 4.79 Å². The van der Waals surface area contributed by atoms with Crippen molar-refractivity contribution in [1.82, 2.24) is 0 Å². The summed E-state index contributed by atoms with van der Waals surface area (Å²) in [6.45, 7) is 6.50. The van der Waals surface area contributed by atoms with Gasteiger partial charge in [0.05, 0.1) is 0 Å². The largest absolute Gasteiger partial charge is 0.299 e. The van der Waals surface area contributed by atoms with Crippen LogP contribution < -0.4 is 0 Å². The van der Waals surface area contributed by atoms with Crippen LogP contribution in [0.2, 0.25) is 0 Å². The lowest BCUT2D eigenvalue weighted by molar-refractivity contribution is -0.130. The van der Waals surface area contributed by atoms with Gasteiger partial charge in [-0.25, -0.2) is 0 Å². The lowest BCUT2D eigenvalue weighted by Gasteiger charge is -2.31. The van der Waals surface area contributed by atoms with Crippen molar-refractivity contribution in [3.8, 4) is 0 Å². The molecular formula is C14H20O. The summed E-state index contributed by atoms with van der Waals surface area (Å²) < 4.78 is 0. The number of rotatable bonds is 0. The highest BCUT2D eigenvalue weighted by molar-refractivity contribution is 5.90. The number of carbonyl (C=O) groups is 1. The summed E-state index contributed by atoms with van der Waals surface area (Å²) in [4.78, 5) is 12.5. The molecule has 82 valence electrons. The summed E-state index contributed by atoms with van der Waals surface area (Å²) in [5.74, 6) is 2.32. The van der Waals surface area contributed by atoms with Crippen molar-refractivity contribution in [2.75, 3.05) is 0 Å². The number of Topliss-reactive ketones (excluding diaryl/α,β-unsaturated/α-hetero) is 1. The first-order valence-electron chi connectivity index (χ1n) is 6.34. The standard InChI is InChI=1S/C14H20O/c1-9-7-11-4-6-14(13(11)15)5-3-10(2)12(14)8-9/h10-12H,1,3-8H2,2H3/t10-,11-,12+,14+/m1/s1. The Labute approximate surface area is 91.9 Å². The Morgan fingerprint density at radius 2 is 2.00 bits per heavy atom. The Hall–Kier alpha value is -0.590. The molecule has 3 aliphatic carbocycles. The van der Waals surface area contributed by atoms with Gasteiger partial charge in [0.15, 0.2) is 0 Å². The zero-order valence-corrected chi connectivity index (χ0v) is 9.59. The van der Waals surface area contributed by atoms with Gasteiger partial charge >= 0.3 is 0 Å². The molecule has 1 nitrogen and oxygen atoms in total. The fraction of sp³-hybridized carbons (Fsp3) is 0.786. The second-order valence-corrected chi connectivity index (χ2v) is 6.04. The van der Waals surface area contributed by atoms with Gasteiger partial charge in [-0.3, -0.25) is 4.79 Å². The van der Waals surface area contributed by atoms with E-state index in [0.717, 1.165) is 25.2 Å². The Balaban J connectivity index is 2.05. The minimum absolute atomic E-state index is 0.101. The van der Waals surface area contributed by atoms with Gasteiger partial charge in [-0.2, -0.15) is 0 Å². The van der Waals surface area contributed by atoms with Crippen LogP contribution in [0.4, 0.5) is 0 Å². The van der Waals surface area contributed by atoms with E-state index in [9.17, 15) is 4.79 Å². The van der Waals surface area contributed by atoms with Crippen molar-refractivity contribution < 1.29 is 4.79 Å². The van der Waals surface area contributed by atoms with E-state index >= 15 is 0 Å². The molecule has 1 spiro atoms. The van der Waals surface area contributed by atoms with E-state index in [2.05, 4.69) is 13.5 Å². The summed E-state index contributed by atoms with van der Waals surface area (Å²) in [5.41, 5.74) is 1.44. The van der Waals surface area contributed by atoms with E-state index in [0.29, 0.717) is 17.6 Å². The van der Waals surface area contributed by atoms with Crippen LogP contribution in [0, 0.1) is 23.2 Å². The Kier molecular flexibility index (Phi) is 1.90. The predicted molar refractivity (Wildman–Crippen MR) is 60.4 cm³/mol. The third-order valence-electron chi connectivity index (χ3n) is 5.29. The molecule has 3 rings (SSSR count). The van der Waals surface area contributed by atoms with Crippen molar-refractivity contribution in [2.24, 2.45) is 23.2 Å². The molecule has 3 aliphatic rings. The van der Waals surface area contributed by atoms with Gasteiger partial charge in [-0.05, 0) is 50.4 Å². The predicted octanol–water partition coefficient (Wildman–Crippen LogP) is 3.35. The highest BCUT2D eigenvalue weighted by Crippen LogP contribution is 2.60. The Morgan fingerprint density at radius 3 is 2.80 bits per heavy atom. The van der Waals surface area contributed by atoms with Gasteiger partial charge in [0.25, 0.3) is 0 Å². The molecule has 0 radical (unpaired) electrons. The molecule has 0 N–H and O–H groups in total. The molecule has 4 atom stereocenters. The maximum absolute atomic E-state index is 12.5. The van der Waals surface area contributed by atoms with Crippen molar-refractivity contribution in [3.63, 3.8) is 0 Å². The zero-order chi connectivity index (χ0) is 10.6. The van der Waals surface area contributed by atoms with Crippen LogP contribution >= 0.6 is 0 Å². The number of fused-ring (bicyclic) bond motifs is 1. The van der Waals surface area contributed by atoms with Crippen molar-refractivity contribution in [1.29, 1.82) is 0 Å². The van der Waals surface area contributed by atoms with Crippen LogP contribution in [-0.4, -0.2) is 5.78 Å². The van der Waals surface area contributed by atoms with E-state index in [1.807, 2.05) is 0 Å². The van der Waals surface area contributed by atoms with E-state index in [1.54, 1.807) is 0 Å². The summed E-state index contributed by atoms with van der Waals surface area (Å²) in [7, 11) is 0. The summed E-state index contributed by atoms with van der Waals surface area (Å²) in [5, 5.41) is 0. The minimum Gasteiger partial charge on any atom is -0.299 e. The van der Waals surface area contributed by atoms with Gasteiger partial charge in [0, 0.05) is 11.3 Å². The molecule has 0 amide bonds. The molecule has 0 aromatic carbocycles. The van der Waals surface area contributed by atoms with Crippen LogP contribution in [0.1, 0.15) is 45.4 Å². The quantitative estimate of drug-likeness (QED) is 0.553. The van der Waals surface area contributed by atoms with Gasteiger partial charge in [0.1, 0.15) is 5.78 Å². The lowest BCUT2D eigenvalue weighted by Crippen LogP contribution is -2.32.